The monoisotopic (exact) mass is 466 g/mol. The second kappa shape index (κ2) is 9.25. The first-order valence-electron chi connectivity index (χ1n) is 10.1. The van der Waals surface area contributed by atoms with Crippen molar-refractivity contribution in [3.8, 4) is 0 Å². The van der Waals surface area contributed by atoms with Gasteiger partial charge in [-0.25, -0.2) is 4.98 Å². The number of hydrogen-bond acceptors (Lipinski definition) is 6. The van der Waals surface area contributed by atoms with Crippen molar-refractivity contribution >= 4 is 34.7 Å². The number of aromatic nitrogens is 2. The van der Waals surface area contributed by atoms with E-state index in [-0.39, 0.29) is 23.6 Å². The number of aliphatic hydroxyl groups is 1. The van der Waals surface area contributed by atoms with Gasteiger partial charge in [0.25, 0.3) is 17.4 Å². The van der Waals surface area contributed by atoms with Crippen molar-refractivity contribution in [1.82, 2.24) is 14.5 Å². The van der Waals surface area contributed by atoms with Gasteiger partial charge in [-0.2, -0.15) is 0 Å². The molecule has 33 heavy (non-hydrogen) atoms. The van der Waals surface area contributed by atoms with Gasteiger partial charge in [-0.15, -0.1) is 0 Å². The lowest BCUT2D eigenvalue weighted by atomic mass is 9.95. The van der Waals surface area contributed by atoms with Crippen LogP contribution < -0.4 is 0 Å². The summed E-state index contributed by atoms with van der Waals surface area (Å²) < 4.78 is 1.85. The van der Waals surface area contributed by atoms with Gasteiger partial charge in [-0.05, 0) is 48.4 Å². The zero-order valence-corrected chi connectivity index (χ0v) is 18.1. The number of likely N-dealkylation sites (tertiary alicyclic amines) is 1. The summed E-state index contributed by atoms with van der Waals surface area (Å²) in [6.07, 6.45) is 5.63. The van der Waals surface area contributed by atoms with Crippen LogP contribution in [0.3, 0.4) is 0 Å². The van der Waals surface area contributed by atoms with E-state index < -0.39 is 22.7 Å². The first-order chi connectivity index (χ1) is 15.9. The Labute approximate surface area is 193 Å². The summed E-state index contributed by atoms with van der Waals surface area (Å²) in [5.41, 5.74) is 0.632. The number of nitro groups is 1. The maximum Gasteiger partial charge on any atom is 0.295 e. The number of hydrogen-bond donors (Lipinski definition) is 1. The van der Waals surface area contributed by atoms with Gasteiger partial charge in [0.2, 0.25) is 0 Å². The van der Waals surface area contributed by atoms with Crippen LogP contribution in [0, 0.1) is 10.1 Å². The second-order valence-corrected chi connectivity index (χ2v) is 7.94. The molecule has 2 aromatic carbocycles. The first kappa shape index (κ1) is 22.2. The van der Waals surface area contributed by atoms with Gasteiger partial charge in [0.15, 0.2) is 0 Å². The third-order valence-corrected chi connectivity index (χ3v) is 5.70. The van der Waals surface area contributed by atoms with E-state index >= 15 is 0 Å². The van der Waals surface area contributed by atoms with Crippen LogP contribution in [-0.4, -0.2) is 42.7 Å². The zero-order chi connectivity index (χ0) is 23.5. The summed E-state index contributed by atoms with van der Waals surface area (Å²) in [4.78, 5) is 41.8. The lowest BCUT2D eigenvalue weighted by Gasteiger charge is -2.25. The summed E-state index contributed by atoms with van der Waals surface area (Å²) in [6.45, 7) is 0.814. The number of carbonyl (C=O) groups excluding carboxylic acids is 2. The highest BCUT2D eigenvalue weighted by Crippen LogP contribution is 2.40. The molecule has 0 bridgehead atoms. The Hall–Kier alpha value is -3.98. The Bertz CT molecular complexity index is 1220. The Morgan fingerprint density at radius 2 is 1.79 bits per heavy atom. The minimum Gasteiger partial charge on any atom is -0.507 e. The van der Waals surface area contributed by atoms with Crippen LogP contribution in [0.2, 0.25) is 5.02 Å². The molecule has 0 radical (unpaired) electrons. The van der Waals surface area contributed by atoms with Crippen LogP contribution >= 0.6 is 11.6 Å². The van der Waals surface area contributed by atoms with Gasteiger partial charge < -0.3 is 14.6 Å². The predicted octanol–water partition coefficient (Wildman–Crippen LogP) is 3.96. The number of nitro benzene ring substituents is 1. The van der Waals surface area contributed by atoms with Crippen LogP contribution in [0.15, 0.2) is 72.8 Å². The summed E-state index contributed by atoms with van der Waals surface area (Å²) in [5.74, 6) is -1.88. The van der Waals surface area contributed by atoms with Crippen molar-refractivity contribution in [2.45, 2.75) is 19.0 Å². The molecule has 0 aliphatic carbocycles. The number of rotatable bonds is 7. The van der Waals surface area contributed by atoms with E-state index in [1.165, 1.54) is 29.2 Å². The number of carbonyl (C=O) groups is 2. The van der Waals surface area contributed by atoms with Crippen LogP contribution in [0.5, 0.6) is 0 Å². The smallest absolute Gasteiger partial charge is 0.295 e. The molecule has 1 aromatic heterocycles. The fraction of sp³-hybridized carbons (Fsp3) is 0.174. The SMILES string of the molecule is O=C1C(=O)N(CCCn2ccnc2)C(c2ccc([N+](=O)[O-])cc2)C1=C(O)c1ccc(Cl)cc1. The maximum absolute atomic E-state index is 13.0. The third-order valence-electron chi connectivity index (χ3n) is 5.45. The van der Waals surface area contributed by atoms with Crippen molar-refractivity contribution in [2.24, 2.45) is 0 Å². The highest BCUT2D eigenvalue weighted by molar-refractivity contribution is 6.46. The maximum atomic E-state index is 13.0. The van der Waals surface area contributed by atoms with Gasteiger partial charge >= 0.3 is 0 Å². The molecule has 3 aromatic rings. The number of benzene rings is 2. The number of aryl methyl sites for hydroxylation is 1. The fourth-order valence-electron chi connectivity index (χ4n) is 3.84. The first-order valence-corrected chi connectivity index (χ1v) is 10.5. The van der Waals surface area contributed by atoms with Crippen molar-refractivity contribution in [3.05, 3.63) is 99.1 Å². The molecule has 1 saturated heterocycles. The third kappa shape index (κ3) is 4.49. The summed E-state index contributed by atoms with van der Waals surface area (Å²) >= 11 is 5.93. The van der Waals surface area contributed by atoms with Gasteiger partial charge in [0, 0.05) is 48.2 Å². The highest BCUT2D eigenvalue weighted by atomic mass is 35.5. The molecule has 1 fully saturated rings. The molecule has 1 amide bonds. The molecule has 1 aliphatic rings. The topological polar surface area (TPSA) is 119 Å². The number of non-ortho nitro benzene ring substituents is 1. The lowest BCUT2D eigenvalue weighted by molar-refractivity contribution is -0.384. The van der Waals surface area contributed by atoms with Crippen LogP contribution in [0.1, 0.15) is 23.6 Å². The molecule has 2 heterocycles. The number of aliphatic hydroxyl groups excluding tert-OH is 1. The Balaban J connectivity index is 1.74. The summed E-state index contributed by atoms with van der Waals surface area (Å²) in [5, 5.41) is 22.5. The summed E-state index contributed by atoms with van der Waals surface area (Å²) in [6, 6.07) is 11.0. The van der Waals surface area contributed by atoms with Crippen molar-refractivity contribution in [3.63, 3.8) is 0 Å². The minimum atomic E-state index is -0.885. The molecule has 168 valence electrons. The molecule has 10 heteroatoms. The highest BCUT2D eigenvalue weighted by Gasteiger charge is 2.45. The van der Waals surface area contributed by atoms with Crippen LogP contribution in [-0.2, 0) is 16.1 Å². The number of halogens is 1. The van der Waals surface area contributed by atoms with Crippen molar-refractivity contribution < 1.29 is 19.6 Å². The summed E-state index contributed by atoms with van der Waals surface area (Å²) in [7, 11) is 0. The molecule has 1 atom stereocenters. The zero-order valence-electron chi connectivity index (χ0n) is 17.3. The Morgan fingerprint density at radius 3 is 2.39 bits per heavy atom. The number of imidazole rings is 1. The van der Waals surface area contributed by atoms with Crippen molar-refractivity contribution in [2.75, 3.05) is 6.54 Å². The van der Waals surface area contributed by atoms with Crippen molar-refractivity contribution in [1.29, 1.82) is 0 Å². The minimum absolute atomic E-state index is 0.0705. The predicted molar refractivity (Wildman–Crippen MR) is 120 cm³/mol. The van der Waals surface area contributed by atoms with E-state index in [9.17, 15) is 24.8 Å². The number of amides is 1. The average Bonchev–Trinajstić information content (AvgIpc) is 3.41. The molecule has 1 aliphatic heterocycles. The van der Waals surface area contributed by atoms with E-state index in [4.69, 9.17) is 11.6 Å². The van der Waals surface area contributed by atoms with E-state index in [1.54, 1.807) is 43.0 Å². The van der Waals surface area contributed by atoms with E-state index in [0.717, 1.165) is 0 Å². The van der Waals surface area contributed by atoms with Crippen LogP contribution in [0.25, 0.3) is 5.76 Å². The van der Waals surface area contributed by atoms with Gasteiger partial charge in [0.05, 0.1) is 22.9 Å². The Kier molecular flexibility index (Phi) is 6.23. The van der Waals surface area contributed by atoms with E-state index in [2.05, 4.69) is 4.98 Å². The Morgan fingerprint density at radius 1 is 1.09 bits per heavy atom. The van der Waals surface area contributed by atoms with Gasteiger partial charge in [-0.3, -0.25) is 19.7 Å². The fourth-order valence-corrected chi connectivity index (χ4v) is 3.97. The molecule has 0 saturated carbocycles. The lowest BCUT2D eigenvalue weighted by Crippen LogP contribution is -2.31. The molecular weight excluding hydrogens is 448 g/mol. The van der Waals surface area contributed by atoms with Gasteiger partial charge in [-0.1, -0.05) is 11.6 Å². The molecular formula is C23H19ClN4O5. The van der Waals surface area contributed by atoms with Gasteiger partial charge in [0.1, 0.15) is 5.76 Å². The number of nitrogens with zero attached hydrogens (tertiary/aromatic N) is 4. The molecule has 4 rings (SSSR count). The quantitative estimate of drug-likeness (QED) is 0.185. The molecule has 1 N–H and O–H groups in total. The normalized spacial score (nSPS) is 17.5. The average molecular weight is 467 g/mol. The van der Waals surface area contributed by atoms with E-state index in [0.29, 0.717) is 29.1 Å². The molecule has 9 nitrogen and oxygen atoms in total. The standard InChI is InChI=1S/C23H19ClN4O5/c24-17-6-2-16(3-7-17)21(29)19-20(15-4-8-18(9-5-15)28(32)33)27(23(31)22(19)30)12-1-11-26-13-10-25-14-26/h2-10,13-14,20,29H,1,11-12H2. The molecule has 0 spiro atoms. The molecule has 1 unspecified atom stereocenters. The number of Topliss-reactive ketones (excluding diaryl/α,β-unsaturated/α-hetero) is 1. The van der Waals surface area contributed by atoms with E-state index in [1.807, 2.05) is 4.57 Å². The second-order valence-electron chi connectivity index (χ2n) is 7.50. The number of ketones is 1. The largest absolute Gasteiger partial charge is 0.507 e. The van der Waals surface area contributed by atoms with Crippen LogP contribution in [0.4, 0.5) is 5.69 Å².